The summed E-state index contributed by atoms with van der Waals surface area (Å²) < 4.78 is 0. The van der Waals surface area contributed by atoms with Gasteiger partial charge in [-0.15, -0.1) is 0 Å². The lowest BCUT2D eigenvalue weighted by atomic mass is 10.1. The molecule has 0 aliphatic heterocycles. The molecule has 0 amide bonds. The highest BCUT2D eigenvalue weighted by molar-refractivity contribution is 6.04. The van der Waals surface area contributed by atoms with E-state index in [0.29, 0.717) is 0 Å². The van der Waals surface area contributed by atoms with Gasteiger partial charge in [0.2, 0.25) is 0 Å². The second kappa shape index (κ2) is 7.39. The van der Waals surface area contributed by atoms with Gasteiger partial charge in [0.15, 0.2) is 5.78 Å². The molecule has 0 aliphatic rings. The molecule has 0 saturated carbocycles. The molecule has 0 N–H and O–H groups in total. The average molecular weight is 226 g/mol. The summed E-state index contributed by atoms with van der Waals surface area (Å²) in [5.74, 6) is 0.0369. The molecule has 0 atom stereocenters. The molecule has 0 saturated heterocycles. The lowest BCUT2D eigenvalue weighted by Crippen LogP contribution is -1.92. The van der Waals surface area contributed by atoms with Gasteiger partial charge >= 0.3 is 0 Å². The van der Waals surface area contributed by atoms with E-state index in [1.54, 1.807) is 6.08 Å². The van der Waals surface area contributed by atoms with Crippen molar-refractivity contribution < 1.29 is 4.79 Å². The number of carbonyl (C=O) groups excluding carboxylic acids is 1. The normalized spacial score (nSPS) is 12.5. The van der Waals surface area contributed by atoms with Crippen molar-refractivity contribution in [2.75, 3.05) is 0 Å². The Labute approximate surface area is 103 Å². The van der Waals surface area contributed by atoms with Crippen molar-refractivity contribution in [1.29, 1.82) is 0 Å². The second-order valence-corrected chi connectivity index (χ2v) is 3.66. The summed E-state index contributed by atoms with van der Waals surface area (Å²) in [5, 5.41) is 0. The fourth-order valence-electron chi connectivity index (χ4n) is 1.37. The third-order valence-corrected chi connectivity index (χ3v) is 2.36. The minimum absolute atomic E-state index is 0.0369. The molecule has 0 heterocycles. The standard InChI is InChI=1S/C16H18O/c1-3-5-9-14(4-2)12-13-16(17)15-10-7-6-8-11-15/h4-13H,3H2,1-2H3/b9-5-,13-12+,14-4+. The van der Waals surface area contributed by atoms with Crippen LogP contribution in [-0.2, 0) is 0 Å². The predicted octanol–water partition coefficient (Wildman–Crippen LogP) is 4.34. The van der Waals surface area contributed by atoms with E-state index in [0.717, 1.165) is 17.6 Å². The maximum atomic E-state index is 11.8. The third-order valence-electron chi connectivity index (χ3n) is 2.36. The van der Waals surface area contributed by atoms with Crippen molar-refractivity contribution in [2.45, 2.75) is 20.3 Å². The smallest absolute Gasteiger partial charge is 0.185 e. The molecule has 88 valence electrons. The maximum absolute atomic E-state index is 11.8. The van der Waals surface area contributed by atoms with Gasteiger partial charge < -0.3 is 0 Å². The Balaban J connectivity index is 2.71. The van der Waals surface area contributed by atoms with Crippen molar-refractivity contribution in [2.24, 2.45) is 0 Å². The van der Waals surface area contributed by atoms with Crippen LogP contribution in [0.25, 0.3) is 0 Å². The molecule has 0 spiro atoms. The van der Waals surface area contributed by atoms with E-state index in [9.17, 15) is 4.79 Å². The number of hydrogen-bond acceptors (Lipinski definition) is 1. The number of carbonyl (C=O) groups is 1. The van der Waals surface area contributed by atoms with Crippen LogP contribution in [0.1, 0.15) is 30.6 Å². The molecule has 0 aromatic heterocycles. The minimum Gasteiger partial charge on any atom is -0.289 e. The molecular formula is C16H18O. The zero-order valence-corrected chi connectivity index (χ0v) is 10.4. The summed E-state index contributed by atoms with van der Waals surface area (Å²) >= 11 is 0. The summed E-state index contributed by atoms with van der Waals surface area (Å²) in [6.07, 6.45) is 10.5. The lowest BCUT2D eigenvalue weighted by molar-refractivity contribution is 0.104. The molecule has 1 heteroatoms. The molecule has 0 unspecified atom stereocenters. The highest BCUT2D eigenvalue weighted by atomic mass is 16.1. The molecule has 1 aromatic carbocycles. The van der Waals surface area contributed by atoms with Crippen LogP contribution < -0.4 is 0 Å². The van der Waals surface area contributed by atoms with Crippen molar-refractivity contribution in [1.82, 2.24) is 0 Å². The van der Waals surface area contributed by atoms with Crippen LogP contribution in [0.5, 0.6) is 0 Å². The molecule has 1 aromatic rings. The molecule has 1 rings (SSSR count). The number of allylic oxidation sites excluding steroid dienone is 6. The van der Waals surface area contributed by atoms with Gasteiger partial charge in [0.1, 0.15) is 0 Å². The Bertz CT molecular complexity index is 436. The quantitative estimate of drug-likeness (QED) is 0.414. The Morgan fingerprint density at radius 3 is 2.41 bits per heavy atom. The first-order valence-corrected chi connectivity index (χ1v) is 5.88. The summed E-state index contributed by atoms with van der Waals surface area (Å²) in [5.41, 5.74) is 1.77. The van der Waals surface area contributed by atoms with Gasteiger partial charge in [-0.3, -0.25) is 4.79 Å². The molecule has 0 bridgehead atoms. The van der Waals surface area contributed by atoms with Gasteiger partial charge in [-0.1, -0.05) is 61.6 Å². The number of ketones is 1. The van der Waals surface area contributed by atoms with E-state index < -0.39 is 0 Å². The summed E-state index contributed by atoms with van der Waals surface area (Å²) in [6, 6.07) is 9.29. The molecule has 0 aliphatic carbocycles. The Hall–Kier alpha value is -1.89. The molecule has 0 fully saturated rings. The lowest BCUT2D eigenvalue weighted by Gasteiger charge is -1.95. The molecule has 1 nitrogen and oxygen atoms in total. The zero-order valence-electron chi connectivity index (χ0n) is 10.4. The van der Waals surface area contributed by atoms with Gasteiger partial charge in [-0.05, 0) is 25.0 Å². The van der Waals surface area contributed by atoms with Crippen LogP contribution in [0.3, 0.4) is 0 Å². The SMILES string of the molecule is C/C=C(\C=C/CC)/C=C/C(=O)c1ccccc1. The van der Waals surface area contributed by atoms with Crippen molar-refractivity contribution in [3.63, 3.8) is 0 Å². The first-order valence-electron chi connectivity index (χ1n) is 5.88. The van der Waals surface area contributed by atoms with Crippen LogP contribution in [-0.4, -0.2) is 5.78 Å². The predicted molar refractivity (Wildman–Crippen MR) is 73.1 cm³/mol. The van der Waals surface area contributed by atoms with Crippen LogP contribution >= 0.6 is 0 Å². The van der Waals surface area contributed by atoms with Gasteiger partial charge in [0.05, 0.1) is 0 Å². The van der Waals surface area contributed by atoms with E-state index in [2.05, 4.69) is 13.0 Å². The van der Waals surface area contributed by atoms with Gasteiger partial charge in [0, 0.05) is 5.56 Å². The first-order chi connectivity index (χ1) is 8.27. The maximum Gasteiger partial charge on any atom is 0.185 e. The van der Waals surface area contributed by atoms with E-state index in [1.165, 1.54) is 0 Å². The highest BCUT2D eigenvalue weighted by Gasteiger charge is 1.98. The second-order valence-electron chi connectivity index (χ2n) is 3.66. The van der Waals surface area contributed by atoms with Crippen LogP contribution in [0.15, 0.2) is 66.3 Å². The summed E-state index contributed by atoms with van der Waals surface area (Å²) in [6.45, 7) is 4.05. The van der Waals surface area contributed by atoms with E-state index in [-0.39, 0.29) is 5.78 Å². The van der Waals surface area contributed by atoms with E-state index in [1.807, 2.05) is 55.5 Å². The monoisotopic (exact) mass is 226 g/mol. The van der Waals surface area contributed by atoms with Crippen molar-refractivity contribution in [3.8, 4) is 0 Å². The first kappa shape index (κ1) is 13.2. The average Bonchev–Trinajstić information content (AvgIpc) is 2.39. The van der Waals surface area contributed by atoms with Gasteiger partial charge in [-0.2, -0.15) is 0 Å². The third kappa shape index (κ3) is 4.64. The fraction of sp³-hybridized carbons (Fsp3) is 0.188. The Kier molecular flexibility index (Phi) is 5.73. The van der Waals surface area contributed by atoms with Crippen molar-refractivity contribution >= 4 is 5.78 Å². The summed E-state index contributed by atoms with van der Waals surface area (Å²) in [4.78, 5) is 11.8. The molecule has 17 heavy (non-hydrogen) atoms. The molecular weight excluding hydrogens is 208 g/mol. The van der Waals surface area contributed by atoms with Gasteiger partial charge in [0.25, 0.3) is 0 Å². The van der Waals surface area contributed by atoms with Crippen LogP contribution in [0.4, 0.5) is 0 Å². The van der Waals surface area contributed by atoms with Gasteiger partial charge in [-0.25, -0.2) is 0 Å². The van der Waals surface area contributed by atoms with Crippen LogP contribution in [0, 0.1) is 0 Å². The number of rotatable bonds is 5. The highest BCUT2D eigenvalue weighted by Crippen LogP contribution is 2.04. The topological polar surface area (TPSA) is 17.1 Å². The van der Waals surface area contributed by atoms with Crippen molar-refractivity contribution in [3.05, 3.63) is 71.8 Å². The summed E-state index contributed by atoms with van der Waals surface area (Å²) in [7, 11) is 0. The number of benzene rings is 1. The fourth-order valence-corrected chi connectivity index (χ4v) is 1.37. The molecule has 0 radical (unpaired) electrons. The zero-order chi connectivity index (χ0) is 12.5. The number of hydrogen-bond donors (Lipinski definition) is 0. The Morgan fingerprint density at radius 1 is 1.12 bits per heavy atom. The minimum atomic E-state index is 0.0369. The van der Waals surface area contributed by atoms with Crippen LogP contribution in [0.2, 0.25) is 0 Å². The largest absolute Gasteiger partial charge is 0.289 e. The van der Waals surface area contributed by atoms with E-state index >= 15 is 0 Å². The Morgan fingerprint density at radius 2 is 1.82 bits per heavy atom. The van der Waals surface area contributed by atoms with E-state index in [4.69, 9.17) is 0 Å².